The standard InChI is InChI=1S/C15H22N3O9P.C2H6/c1-4-12(19)17(2)14-11(6-5-7-16-14)8-18(9-13(20)25-3)15(21)26-10-27-28(22,23)24;1-2/h5-7H,4,8-10H2,1-3H3,(H2,22,23,24);1-2H3. The molecule has 0 radical (unpaired) electrons. The van der Waals surface area contributed by atoms with Crippen LogP contribution in [0.25, 0.3) is 0 Å². The van der Waals surface area contributed by atoms with Crippen molar-refractivity contribution in [1.82, 2.24) is 9.88 Å². The summed E-state index contributed by atoms with van der Waals surface area (Å²) >= 11 is 0. The van der Waals surface area contributed by atoms with Gasteiger partial charge in [-0.05, 0) is 6.07 Å². The molecule has 0 spiro atoms. The second kappa shape index (κ2) is 13.6. The van der Waals surface area contributed by atoms with E-state index in [1.807, 2.05) is 13.8 Å². The largest absolute Gasteiger partial charge is 0.472 e. The number of nitrogens with zero attached hydrogens (tertiary/aromatic N) is 3. The van der Waals surface area contributed by atoms with E-state index < -0.39 is 33.2 Å². The first-order chi connectivity index (χ1) is 14.1. The number of amides is 2. The summed E-state index contributed by atoms with van der Waals surface area (Å²) in [7, 11) is -2.18. The molecule has 0 atom stereocenters. The molecule has 0 fully saturated rings. The number of carbonyl (C=O) groups excluding carboxylic acids is 3. The van der Waals surface area contributed by atoms with Crippen molar-refractivity contribution in [3.63, 3.8) is 0 Å². The monoisotopic (exact) mass is 449 g/mol. The second-order valence-electron chi connectivity index (χ2n) is 5.37. The molecule has 2 amide bonds. The molecule has 0 aliphatic heterocycles. The van der Waals surface area contributed by atoms with Crippen molar-refractivity contribution < 1.29 is 42.7 Å². The van der Waals surface area contributed by atoms with E-state index >= 15 is 0 Å². The molecular weight excluding hydrogens is 421 g/mol. The minimum absolute atomic E-state index is 0.186. The van der Waals surface area contributed by atoms with Crippen molar-refractivity contribution in [2.24, 2.45) is 0 Å². The van der Waals surface area contributed by atoms with E-state index in [2.05, 4.69) is 19.0 Å². The minimum atomic E-state index is -4.83. The highest BCUT2D eigenvalue weighted by molar-refractivity contribution is 7.46. The summed E-state index contributed by atoms with van der Waals surface area (Å²) in [6.07, 6.45) is 0.619. The number of hydrogen-bond donors (Lipinski definition) is 2. The first-order valence-corrected chi connectivity index (χ1v) is 10.5. The molecule has 0 aliphatic rings. The maximum atomic E-state index is 12.2. The summed E-state index contributed by atoms with van der Waals surface area (Å²) < 4.78 is 23.9. The molecule has 0 aliphatic carbocycles. The molecule has 13 heteroatoms. The van der Waals surface area contributed by atoms with Gasteiger partial charge < -0.3 is 19.3 Å². The first kappa shape index (κ1) is 27.5. The number of carbonyl (C=O) groups is 3. The van der Waals surface area contributed by atoms with Gasteiger partial charge in [0.05, 0.1) is 13.7 Å². The van der Waals surface area contributed by atoms with Gasteiger partial charge in [0.15, 0.2) is 0 Å². The molecule has 30 heavy (non-hydrogen) atoms. The summed E-state index contributed by atoms with van der Waals surface area (Å²) in [5, 5.41) is 0. The molecule has 1 rings (SSSR count). The minimum Gasteiger partial charge on any atom is -0.468 e. The number of phosphoric acid groups is 1. The Bertz CT molecular complexity index is 754. The Labute approximate surface area is 175 Å². The van der Waals surface area contributed by atoms with Crippen molar-refractivity contribution in [1.29, 1.82) is 0 Å². The van der Waals surface area contributed by atoms with Gasteiger partial charge in [0, 0.05) is 25.2 Å². The van der Waals surface area contributed by atoms with Crippen molar-refractivity contribution in [3.8, 4) is 0 Å². The van der Waals surface area contributed by atoms with Gasteiger partial charge in [0.2, 0.25) is 12.7 Å². The fourth-order valence-corrected chi connectivity index (χ4v) is 2.25. The van der Waals surface area contributed by atoms with Gasteiger partial charge >= 0.3 is 19.9 Å². The maximum Gasteiger partial charge on any atom is 0.472 e. The highest BCUT2D eigenvalue weighted by Crippen LogP contribution is 2.35. The van der Waals surface area contributed by atoms with Gasteiger partial charge in [-0.3, -0.25) is 19.4 Å². The fourth-order valence-electron chi connectivity index (χ4n) is 2.06. The van der Waals surface area contributed by atoms with E-state index in [0.717, 1.165) is 12.0 Å². The predicted octanol–water partition coefficient (Wildman–Crippen LogP) is 1.66. The van der Waals surface area contributed by atoms with Crippen molar-refractivity contribution in [3.05, 3.63) is 23.9 Å². The third-order valence-electron chi connectivity index (χ3n) is 3.43. The van der Waals surface area contributed by atoms with Gasteiger partial charge in [0.25, 0.3) is 0 Å². The van der Waals surface area contributed by atoms with Crippen LogP contribution in [0.3, 0.4) is 0 Å². The lowest BCUT2D eigenvalue weighted by Crippen LogP contribution is -2.37. The van der Waals surface area contributed by atoms with Crippen LogP contribution in [-0.2, 0) is 34.7 Å². The molecule has 0 unspecified atom stereocenters. The van der Waals surface area contributed by atoms with Gasteiger partial charge in [-0.25, -0.2) is 18.9 Å². The Morgan fingerprint density at radius 3 is 2.40 bits per heavy atom. The number of anilines is 1. The zero-order chi connectivity index (χ0) is 23.3. The predicted molar refractivity (Wildman–Crippen MR) is 106 cm³/mol. The molecule has 0 bridgehead atoms. The van der Waals surface area contributed by atoms with Crippen LogP contribution in [0.5, 0.6) is 0 Å². The third-order valence-corrected chi connectivity index (χ3v) is 3.87. The summed E-state index contributed by atoms with van der Waals surface area (Å²) in [5.74, 6) is -0.683. The maximum absolute atomic E-state index is 12.2. The molecule has 1 aromatic heterocycles. The SMILES string of the molecule is CC.CCC(=O)N(C)c1ncccc1CN(CC(=O)OC)C(=O)OCOP(=O)(O)O. The zero-order valence-corrected chi connectivity index (χ0v) is 18.5. The molecular formula is C17H28N3O9P. The van der Waals surface area contributed by atoms with E-state index in [1.165, 1.54) is 18.1 Å². The number of aromatic nitrogens is 1. The lowest BCUT2D eigenvalue weighted by molar-refractivity contribution is -0.141. The van der Waals surface area contributed by atoms with Crippen molar-refractivity contribution in [2.45, 2.75) is 33.7 Å². The fraction of sp³-hybridized carbons (Fsp3) is 0.529. The van der Waals surface area contributed by atoms with Crippen LogP contribution in [0.2, 0.25) is 0 Å². The summed E-state index contributed by atoms with van der Waals surface area (Å²) in [6, 6.07) is 3.19. The molecule has 2 N–H and O–H groups in total. The number of rotatable bonds is 9. The number of methoxy groups -OCH3 is 1. The quantitative estimate of drug-likeness (QED) is 0.323. The highest BCUT2D eigenvalue weighted by Gasteiger charge is 2.24. The van der Waals surface area contributed by atoms with Crippen LogP contribution in [0.15, 0.2) is 18.3 Å². The van der Waals surface area contributed by atoms with Crippen molar-refractivity contribution >= 4 is 31.6 Å². The van der Waals surface area contributed by atoms with Crippen molar-refractivity contribution in [2.75, 3.05) is 32.4 Å². The molecule has 1 heterocycles. The van der Waals surface area contributed by atoms with Gasteiger partial charge in [-0.1, -0.05) is 26.8 Å². The molecule has 0 saturated carbocycles. The van der Waals surface area contributed by atoms with Crippen LogP contribution < -0.4 is 4.90 Å². The number of pyridine rings is 1. The van der Waals surface area contributed by atoms with Gasteiger partial charge in [0.1, 0.15) is 12.4 Å². The molecule has 0 saturated heterocycles. The lowest BCUT2D eigenvalue weighted by atomic mass is 10.2. The second-order valence-corrected chi connectivity index (χ2v) is 6.61. The van der Waals surface area contributed by atoms with E-state index in [4.69, 9.17) is 9.79 Å². The Hall–Kier alpha value is -2.53. The Morgan fingerprint density at radius 1 is 1.23 bits per heavy atom. The van der Waals surface area contributed by atoms with Crippen LogP contribution in [0, 0.1) is 0 Å². The summed E-state index contributed by atoms with van der Waals surface area (Å²) in [5.41, 5.74) is 0.434. The van der Waals surface area contributed by atoms with Crippen LogP contribution in [0.4, 0.5) is 10.6 Å². The van der Waals surface area contributed by atoms with E-state index in [-0.39, 0.29) is 24.7 Å². The molecule has 0 aromatic carbocycles. The number of esters is 1. The molecule has 1 aromatic rings. The normalized spacial score (nSPS) is 10.4. The smallest absolute Gasteiger partial charge is 0.468 e. The summed E-state index contributed by atoms with van der Waals surface area (Å²) in [6.45, 7) is 3.97. The molecule has 170 valence electrons. The van der Waals surface area contributed by atoms with Crippen LogP contribution in [-0.4, -0.2) is 65.1 Å². The molecule has 12 nitrogen and oxygen atoms in total. The lowest BCUT2D eigenvalue weighted by Gasteiger charge is -2.24. The van der Waals surface area contributed by atoms with Gasteiger partial charge in [-0.2, -0.15) is 0 Å². The van der Waals surface area contributed by atoms with E-state index in [0.29, 0.717) is 5.56 Å². The Morgan fingerprint density at radius 2 is 1.87 bits per heavy atom. The third kappa shape index (κ3) is 9.79. The van der Waals surface area contributed by atoms with Gasteiger partial charge in [-0.15, -0.1) is 0 Å². The van der Waals surface area contributed by atoms with E-state index in [1.54, 1.807) is 19.1 Å². The Kier molecular flexibility index (Phi) is 12.5. The van der Waals surface area contributed by atoms with Crippen LogP contribution in [0.1, 0.15) is 32.8 Å². The average Bonchev–Trinajstić information content (AvgIpc) is 2.72. The number of ether oxygens (including phenoxy) is 2. The van der Waals surface area contributed by atoms with Crippen LogP contribution >= 0.6 is 7.82 Å². The number of phosphoric ester groups is 1. The average molecular weight is 449 g/mol. The summed E-state index contributed by atoms with van der Waals surface area (Å²) in [4.78, 5) is 59.4. The zero-order valence-electron chi connectivity index (χ0n) is 17.6. The van der Waals surface area contributed by atoms with E-state index in [9.17, 15) is 18.9 Å². The highest BCUT2D eigenvalue weighted by atomic mass is 31.2. The Balaban J connectivity index is 0.00000407. The first-order valence-electron chi connectivity index (χ1n) is 8.98. The topological polar surface area (TPSA) is 156 Å². The number of hydrogen-bond acceptors (Lipinski definition) is 8.